The molecule has 0 bridgehead atoms. The lowest BCUT2D eigenvalue weighted by atomic mass is 10.0. The molecule has 2 aromatic heterocycles. The van der Waals surface area contributed by atoms with Crippen LogP contribution in [0.4, 0.5) is 5.69 Å². The van der Waals surface area contributed by atoms with Crippen molar-refractivity contribution in [3.63, 3.8) is 0 Å². The molecule has 8 nitrogen and oxygen atoms in total. The maximum atomic E-state index is 13.1. The Morgan fingerprint density at radius 2 is 1.66 bits per heavy atom. The van der Waals surface area contributed by atoms with E-state index >= 15 is 0 Å². The number of aryl methyl sites for hydroxylation is 1. The molecule has 2 aromatic carbocycles. The number of rotatable bonds is 7. The molecule has 0 atom stereocenters. The van der Waals surface area contributed by atoms with Crippen LogP contribution in [0.2, 0.25) is 0 Å². The SMILES string of the molecule is CCOC(=O)c1ccc(NC(=O)Cn2cc(C(=O)c3ccccc3)c(=O)c3ccc(C)nc32)cc1. The van der Waals surface area contributed by atoms with E-state index in [1.165, 1.54) is 10.8 Å². The lowest BCUT2D eigenvalue weighted by Crippen LogP contribution is -2.25. The van der Waals surface area contributed by atoms with Gasteiger partial charge in [-0.2, -0.15) is 0 Å². The fourth-order valence-electron chi connectivity index (χ4n) is 3.65. The van der Waals surface area contributed by atoms with Gasteiger partial charge in [-0.1, -0.05) is 30.3 Å². The molecule has 176 valence electrons. The van der Waals surface area contributed by atoms with Gasteiger partial charge in [-0.3, -0.25) is 14.4 Å². The highest BCUT2D eigenvalue weighted by atomic mass is 16.5. The summed E-state index contributed by atoms with van der Waals surface area (Å²) in [5.41, 5.74) is 1.74. The molecule has 4 aromatic rings. The fourth-order valence-corrected chi connectivity index (χ4v) is 3.65. The van der Waals surface area contributed by atoms with Crippen molar-refractivity contribution in [1.82, 2.24) is 9.55 Å². The van der Waals surface area contributed by atoms with Crippen LogP contribution >= 0.6 is 0 Å². The molecule has 0 fully saturated rings. The van der Waals surface area contributed by atoms with Crippen molar-refractivity contribution in [3.05, 3.63) is 106 Å². The molecule has 0 spiro atoms. The molecule has 0 radical (unpaired) electrons. The molecule has 0 aliphatic carbocycles. The summed E-state index contributed by atoms with van der Waals surface area (Å²) in [6.07, 6.45) is 1.38. The fraction of sp³-hybridized carbons (Fsp3) is 0.148. The molecule has 2 heterocycles. The number of hydrogen-bond donors (Lipinski definition) is 1. The number of amides is 1. The number of hydrogen-bond acceptors (Lipinski definition) is 6. The molecule has 1 amide bonds. The first-order valence-electron chi connectivity index (χ1n) is 11.0. The molecule has 4 rings (SSSR count). The zero-order valence-corrected chi connectivity index (χ0v) is 19.3. The van der Waals surface area contributed by atoms with E-state index in [2.05, 4.69) is 10.3 Å². The third-order valence-corrected chi connectivity index (χ3v) is 5.33. The number of esters is 1. The van der Waals surface area contributed by atoms with Gasteiger partial charge in [0.25, 0.3) is 0 Å². The molecular weight excluding hydrogens is 446 g/mol. The van der Waals surface area contributed by atoms with Crippen LogP contribution in [0.1, 0.15) is 38.9 Å². The first kappa shape index (κ1) is 23.6. The number of fused-ring (bicyclic) bond motifs is 1. The second-order valence-electron chi connectivity index (χ2n) is 7.86. The van der Waals surface area contributed by atoms with Crippen molar-refractivity contribution in [2.24, 2.45) is 0 Å². The quantitative estimate of drug-likeness (QED) is 0.326. The summed E-state index contributed by atoms with van der Waals surface area (Å²) < 4.78 is 6.46. The number of nitrogens with zero attached hydrogens (tertiary/aromatic N) is 2. The molecule has 0 saturated carbocycles. The van der Waals surface area contributed by atoms with E-state index in [0.29, 0.717) is 28.2 Å². The Bertz CT molecular complexity index is 1470. The maximum Gasteiger partial charge on any atom is 0.338 e. The first-order valence-corrected chi connectivity index (χ1v) is 11.0. The second kappa shape index (κ2) is 10.1. The van der Waals surface area contributed by atoms with Gasteiger partial charge in [-0.05, 0) is 50.2 Å². The number of ketones is 1. The highest BCUT2D eigenvalue weighted by molar-refractivity contribution is 6.10. The van der Waals surface area contributed by atoms with E-state index in [1.54, 1.807) is 80.6 Å². The van der Waals surface area contributed by atoms with E-state index in [4.69, 9.17) is 4.74 Å². The van der Waals surface area contributed by atoms with Gasteiger partial charge in [0.1, 0.15) is 12.2 Å². The number of aromatic nitrogens is 2. The Balaban J connectivity index is 1.65. The van der Waals surface area contributed by atoms with Crippen LogP contribution in [0.3, 0.4) is 0 Å². The zero-order valence-electron chi connectivity index (χ0n) is 19.3. The number of ether oxygens (including phenoxy) is 1. The number of pyridine rings is 2. The first-order chi connectivity index (χ1) is 16.9. The predicted molar refractivity (Wildman–Crippen MR) is 132 cm³/mol. The van der Waals surface area contributed by atoms with Crippen LogP contribution in [-0.4, -0.2) is 33.8 Å². The minimum absolute atomic E-state index is 0.0408. The van der Waals surface area contributed by atoms with Gasteiger partial charge in [0.2, 0.25) is 11.3 Å². The third kappa shape index (κ3) is 5.16. The van der Waals surface area contributed by atoms with Crippen molar-refractivity contribution in [1.29, 1.82) is 0 Å². The van der Waals surface area contributed by atoms with Crippen molar-refractivity contribution in [2.45, 2.75) is 20.4 Å². The lowest BCUT2D eigenvalue weighted by Gasteiger charge is -2.13. The Labute approximate surface area is 201 Å². The van der Waals surface area contributed by atoms with E-state index in [0.717, 1.165) is 0 Å². The van der Waals surface area contributed by atoms with Gasteiger partial charge in [-0.25, -0.2) is 9.78 Å². The second-order valence-corrected chi connectivity index (χ2v) is 7.86. The number of carbonyl (C=O) groups is 3. The van der Waals surface area contributed by atoms with Gasteiger partial charge in [0.15, 0.2) is 5.78 Å². The monoisotopic (exact) mass is 469 g/mol. The van der Waals surface area contributed by atoms with Crippen LogP contribution in [0.5, 0.6) is 0 Å². The maximum absolute atomic E-state index is 13.1. The van der Waals surface area contributed by atoms with Gasteiger partial charge in [0, 0.05) is 23.1 Å². The number of carbonyl (C=O) groups excluding carboxylic acids is 3. The van der Waals surface area contributed by atoms with E-state index in [-0.39, 0.29) is 30.0 Å². The Morgan fingerprint density at radius 1 is 0.943 bits per heavy atom. The molecular formula is C27H23N3O5. The molecule has 0 aliphatic rings. The Hall–Kier alpha value is -4.59. The van der Waals surface area contributed by atoms with Gasteiger partial charge in [0.05, 0.1) is 23.1 Å². The van der Waals surface area contributed by atoms with E-state index in [1.807, 2.05) is 0 Å². The van der Waals surface area contributed by atoms with Crippen LogP contribution < -0.4 is 10.7 Å². The van der Waals surface area contributed by atoms with Crippen molar-refractivity contribution in [2.75, 3.05) is 11.9 Å². The van der Waals surface area contributed by atoms with Crippen molar-refractivity contribution < 1.29 is 19.1 Å². The van der Waals surface area contributed by atoms with Crippen LogP contribution in [0.15, 0.2) is 77.7 Å². The predicted octanol–water partition coefficient (Wildman–Crippen LogP) is 3.75. The summed E-state index contributed by atoms with van der Waals surface area (Å²) in [4.78, 5) is 55.3. The summed E-state index contributed by atoms with van der Waals surface area (Å²) in [7, 11) is 0. The average molecular weight is 469 g/mol. The van der Waals surface area contributed by atoms with E-state index in [9.17, 15) is 19.2 Å². The van der Waals surface area contributed by atoms with Crippen molar-refractivity contribution >= 4 is 34.4 Å². The summed E-state index contributed by atoms with van der Waals surface area (Å²) in [5.74, 6) is -1.26. The number of nitrogens with one attached hydrogen (secondary N) is 1. The van der Waals surface area contributed by atoms with Crippen LogP contribution in [0, 0.1) is 6.92 Å². The largest absolute Gasteiger partial charge is 0.462 e. The number of benzene rings is 2. The molecule has 0 saturated heterocycles. The topological polar surface area (TPSA) is 107 Å². The number of anilines is 1. The Kier molecular flexibility index (Phi) is 6.82. The van der Waals surface area contributed by atoms with Crippen molar-refractivity contribution in [3.8, 4) is 0 Å². The van der Waals surface area contributed by atoms with Gasteiger partial charge in [-0.15, -0.1) is 0 Å². The lowest BCUT2D eigenvalue weighted by molar-refractivity contribution is -0.116. The minimum atomic E-state index is -0.442. The smallest absolute Gasteiger partial charge is 0.338 e. The zero-order chi connectivity index (χ0) is 24.9. The van der Waals surface area contributed by atoms with Crippen LogP contribution in [-0.2, 0) is 16.1 Å². The van der Waals surface area contributed by atoms with E-state index < -0.39 is 17.2 Å². The highest BCUT2D eigenvalue weighted by Crippen LogP contribution is 2.15. The van der Waals surface area contributed by atoms with Gasteiger partial charge >= 0.3 is 5.97 Å². The summed E-state index contributed by atoms with van der Waals surface area (Å²) >= 11 is 0. The summed E-state index contributed by atoms with van der Waals surface area (Å²) in [6, 6.07) is 18.1. The molecule has 8 heteroatoms. The standard InChI is InChI=1S/C27H23N3O5/c1-3-35-27(34)19-10-12-20(13-11-19)29-23(31)16-30-15-22(24(32)18-7-5-4-6-8-18)25(33)21-14-9-17(2)28-26(21)30/h4-15H,3,16H2,1-2H3,(H,29,31). The van der Waals surface area contributed by atoms with Crippen LogP contribution in [0.25, 0.3) is 11.0 Å². The molecule has 35 heavy (non-hydrogen) atoms. The molecule has 1 N–H and O–H groups in total. The average Bonchev–Trinajstić information content (AvgIpc) is 2.86. The normalized spacial score (nSPS) is 10.7. The highest BCUT2D eigenvalue weighted by Gasteiger charge is 2.19. The van der Waals surface area contributed by atoms with Gasteiger partial charge < -0.3 is 14.6 Å². The minimum Gasteiger partial charge on any atom is -0.462 e. The Morgan fingerprint density at radius 3 is 2.34 bits per heavy atom. The molecule has 0 unspecified atom stereocenters. The molecule has 0 aliphatic heterocycles. The third-order valence-electron chi connectivity index (χ3n) is 5.33. The summed E-state index contributed by atoms with van der Waals surface area (Å²) in [5, 5.41) is 3.01. The summed E-state index contributed by atoms with van der Waals surface area (Å²) in [6.45, 7) is 3.60.